The molecule has 1 fully saturated rings. The van der Waals surface area contributed by atoms with Gasteiger partial charge in [-0.25, -0.2) is 9.97 Å². The molecule has 1 aromatic heterocycles. The zero-order chi connectivity index (χ0) is 13.3. The summed E-state index contributed by atoms with van der Waals surface area (Å²) in [7, 11) is 1.72. The van der Waals surface area contributed by atoms with Gasteiger partial charge in [-0.15, -0.1) is 0 Å². The molecule has 1 amide bonds. The average Bonchev–Trinajstić information content (AvgIpc) is 2.63. The number of anilines is 1. The maximum Gasteiger partial charge on any atom is 0.257 e. The molecule has 2 atom stereocenters. The van der Waals surface area contributed by atoms with Gasteiger partial charge in [0.2, 0.25) is 5.95 Å². The van der Waals surface area contributed by atoms with Gasteiger partial charge in [-0.2, -0.15) is 0 Å². The summed E-state index contributed by atoms with van der Waals surface area (Å²) >= 11 is 0. The third-order valence-corrected chi connectivity index (χ3v) is 3.48. The van der Waals surface area contributed by atoms with Crippen molar-refractivity contribution in [2.75, 3.05) is 25.5 Å². The van der Waals surface area contributed by atoms with E-state index in [1.165, 1.54) is 12.4 Å². The highest BCUT2D eigenvalue weighted by Gasteiger charge is 2.40. The normalized spacial score (nSPS) is 27.3. The minimum Gasteiger partial charge on any atom is -0.388 e. The Morgan fingerprint density at radius 3 is 2.61 bits per heavy atom. The SMILES string of the molecule is CNc1ncc(C(=O)N2C[C@@H](C)[C@@](C)(O)C2)cn1. The number of likely N-dealkylation sites (tertiary alicyclic amines) is 1. The quantitative estimate of drug-likeness (QED) is 0.792. The molecular weight excluding hydrogens is 232 g/mol. The summed E-state index contributed by atoms with van der Waals surface area (Å²) in [5.74, 6) is 0.412. The fourth-order valence-corrected chi connectivity index (χ4v) is 2.04. The highest BCUT2D eigenvalue weighted by molar-refractivity contribution is 5.94. The molecule has 0 saturated carbocycles. The lowest BCUT2D eigenvalue weighted by Crippen LogP contribution is -2.35. The van der Waals surface area contributed by atoms with Gasteiger partial charge in [-0.3, -0.25) is 4.79 Å². The van der Waals surface area contributed by atoms with Gasteiger partial charge in [0.15, 0.2) is 0 Å². The molecule has 0 spiro atoms. The third-order valence-electron chi connectivity index (χ3n) is 3.48. The number of carbonyl (C=O) groups is 1. The second-order valence-corrected chi connectivity index (χ2v) is 4.99. The van der Waals surface area contributed by atoms with E-state index in [1.807, 2.05) is 6.92 Å². The number of hydrogen-bond acceptors (Lipinski definition) is 5. The van der Waals surface area contributed by atoms with Crippen LogP contribution in [-0.4, -0.2) is 51.6 Å². The first-order chi connectivity index (χ1) is 8.44. The Bertz CT molecular complexity index is 444. The minimum atomic E-state index is -0.818. The van der Waals surface area contributed by atoms with Crippen molar-refractivity contribution in [2.45, 2.75) is 19.4 Å². The number of hydrogen-bond donors (Lipinski definition) is 2. The molecule has 18 heavy (non-hydrogen) atoms. The first kappa shape index (κ1) is 12.8. The number of nitrogens with one attached hydrogen (secondary N) is 1. The Hall–Kier alpha value is -1.69. The van der Waals surface area contributed by atoms with E-state index in [0.717, 1.165) is 0 Å². The molecule has 6 nitrogen and oxygen atoms in total. The van der Waals surface area contributed by atoms with Gasteiger partial charge in [0.1, 0.15) is 0 Å². The van der Waals surface area contributed by atoms with Crippen molar-refractivity contribution in [1.29, 1.82) is 0 Å². The summed E-state index contributed by atoms with van der Waals surface area (Å²) < 4.78 is 0. The van der Waals surface area contributed by atoms with Gasteiger partial charge in [0.05, 0.1) is 11.2 Å². The van der Waals surface area contributed by atoms with E-state index in [-0.39, 0.29) is 11.8 Å². The van der Waals surface area contributed by atoms with Gasteiger partial charge in [-0.1, -0.05) is 6.92 Å². The largest absolute Gasteiger partial charge is 0.388 e. The second-order valence-electron chi connectivity index (χ2n) is 4.99. The first-order valence-corrected chi connectivity index (χ1v) is 5.95. The maximum atomic E-state index is 12.2. The molecule has 0 unspecified atom stereocenters. The molecule has 1 aliphatic rings. The number of carbonyl (C=O) groups excluding carboxylic acids is 1. The predicted molar refractivity (Wildman–Crippen MR) is 67.3 cm³/mol. The zero-order valence-electron chi connectivity index (χ0n) is 10.8. The average molecular weight is 250 g/mol. The van der Waals surface area contributed by atoms with E-state index in [0.29, 0.717) is 24.6 Å². The molecule has 0 aliphatic carbocycles. The van der Waals surface area contributed by atoms with Gasteiger partial charge >= 0.3 is 0 Å². The Balaban J connectivity index is 2.12. The lowest BCUT2D eigenvalue weighted by molar-refractivity contribution is 0.0351. The molecule has 0 radical (unpaired) electrons. The topological polar surface area (TPSA) is 78.4 Å². The van der Waals surface area contributed by atoms with Crippen LogP contribution in [0.4, 0.5) is 5.95 Å². The zero-order valence-corrected chi connectivity index (χ0v) is 10.8. The monoisotopic (exact) mass is 250 g/mol. The Labute approximate surface area is 106 Å². The van der Waals surface area contributed by atoms with Crippen LogP contribution in [0.15, 0.2) is 12.4 Å². The van der Waals surface area contributed by atoms with Crippen molar-refractivity contribution in [3.05, 3.63) is 18.0 Å². The minimum absolute atomic E-state index is 0.0685. The van der Waals surface area contributed by atoms with Crippen molar-refractivity contribution in [3.63, 3.8) is 0 Å². The van der Waals surface area contributed by atoms with E-state index in [4.69, 9.17) is 0 Å². The van der Waals surface area contributed by atoms with Crippen LogP contribution in [0, 0.1) is 5.92 Å². The van der Waals surface area contributed by atoms with E-state index in [2.05, 4.69) is 15.3 Å². The predicted octanol–water partition coefficient (Wildman–Crippen LogP) is 0.361. The Morgan fingerprint density at radius 2 is 2.17 bits per heavy atom. The second kappa shape index (κ2) is 4.53. The fourth-order valence-electron chi connectivity index (χ4n) is 2.04. The van der Waals surface area contributed by atoms with E-state index in [1.54, 1.807) is 18.9 Å². The highest BCUT2D eigenvalue weighted by Crippen LogP contribution is 2.27. The highest BCUT2D eigenvalue weighted by atomic mass is 16.3. The molecule has 0 aromatic carbocycles. The number of aromatic nitrogens is 2. The number of rotatable bonds is 2. The molecule has 6 heteroatoms. The molecule has 2 rings (SSSR count). The summed E-state index contributed by atoms with van der Waals surface area (Å²) in [6.45, 7) is 4.60. The van der Waals surface area contributed by atoms with E-state index >= 15 is 0 Å². The van der Waals surface area contributed by atoms with E-state index < -0.39 is 5.60 Å². The number of nitrogens with zero attached hydrogens (tertiary/aromatic N) is 3. The Kier molecular flexibility index (Phi) is 3.21. The summed E-state index contributed by atoms with van der Waals surface area (Å²) in [4.78, 5) is 21.9. The number of amides is 1. The van der Waals surface area contributed by atoms with Crippen molar-refractivity contribution in [3.8, 4) is 0 Å². The van der Waals surface area contributed by atoms with Crippen LogP contribution in [0.3, 0.4) is 0 Å². The smallest absolute Gasteiger partial charge is 0.257 e. The molecule has 1 aliphatic heterocycles. The van der Waals surface area contributed by atoms with Crippen molar-refractivity contribution in [2.24, 2.45) is 5.92 Å². The summed E-state index contributed by atoms with van der Waals surface area (Å²) in [6.07, 6.45) is 3.00. The maximum absolute atomic E-state index is 12.2. The lowest BCUT2D eigenvalue weighted by Gasteiger charge is -2.20. The first-order valence-electron chi connectivity index (χ1n) is 5.95. The van der Waals surface area contributed by atoms with Gasteiger partial charge in [0, 0.05) is 38.4 Å². The third kappa shape index (κ3) is 2.28. The van der Waals surface area contributed by atoms with Crippen LogP contribution in [0.5, 0.6) is 0 Å². The summed E-state index contributed by atoms with van der Waals surface area (Å²) in [6, 6.07) is 0. The molecular formula is C12H18N4O2. The van der Waals surface area contributed by atoms with Gasteiger partial charge in [0.25, 0.3) is 5.91 Å². The van der Waals surface area contributed by atoms with Crippen molar-refractivity contribution in [1.82, 2.24) is 14.9 Å². The molecule has 1 aromatic rings. The van der Waals surface area contributed by atoms with Crippen LogP contribution in [0.2, 0.25) is 0 Å². The van der Waals surface area contributed by atoms with Crippen LogP contribution >= 0.6 is 0 Å². The van der Waals surface area contributed by atoms with Crippen LogP contribution in [0.25, 0.3) is 0 Å². The summed E-state index contributed by atoms with van der Waals surface area (Å²) in [5, 5.41) is 12.9. The molecule has 2 heterocycles. The molecule has 0 bridgehead atoms. The van der Waals surface area contributed by atoms with Crippen LogP contribution in [0.1, 0.15) is 24.2 Å². The number of aliphatic hydroxyl groups is 1. The summed E-state index contributed by atoms with van der Waals surface area (Å²) in [5.41, 5.74) is -0.375. The van der Waals surface area contributed by atoms with Crippen LogP contribution in [-0.2, 0) is 0 Å². The van der Waals surface area contributed by atoms with Crippen molar-refractivity contribution >= 4 is 11.9 Å². The molecule has 2 N–H and O–H groups in total. The van der Waals surface area contributed by atoms with Crippen LogP contribution < -0.4 is 5.32 Å². The fraction of sp³-hybridized carbons (Fsp3) is 0.583. The Morgan fingerprint density at radius 1 is 1.56 bits per heavy atom. The van der Waals surface area contributed by atoms with Gasteiger partial charge < -0.3 is 15.3 Å². The van der Waals surface area contributed by atoms with E-state index in [9.17, 15) is 9.90 Å². The number of β-amino-alcohol motifs (C(OH)–C–C–N with tert-alkyl or cyclic N) is 1. The van der Waals surface area contributed by atoms with Crippen molar-refractivity contribution < 1.29 is 9.90 Å². The lowest BCUT2D eigenvalue weighted by atomic mass is 9.95. The standard InChI is InChI=1S/C12H18N4O2/c1-8-6-16(7-12(8,2)18)10(17)9-4-14-11(13-3)15-5-9/h4-5,8,18H,6-7H2,1-3H3,(H,13,14,15)/t8-,12+/m1/s1. The molecule has 98 valence electrons. The molecule has 1 saturated heterocycles. The van der Waals surface area contributed by atoms with Gasteiger partial charge in [-0.05, 0) is 6.92 Å².